The van der Waals surface area contributed by atoms with E-state index in [2.05, 4.69) is 44.5 Å². The summed E-state index contributed by atoms with van der Waals surface area (Å²) < 4.78 is 0. The first-order chi connectivity index (χ1) is 13.6. The van der Waals surface area contributed by atoms with Crippen molar-refractivity contribution in [2.45, 2.75) is 39.5 Å². The molecule has 0 N–H and O–H groups in total. The van der Waals surface area contributed by atoms with Crippen LogP contribution in [0, 0.1) is 12.8 Å². The summed E-state index contributed by atoms with van der Waals surface area (Å²) in [4.78, 5) is 31.1. The van der Waals surface area contributed by atoms with Crippen LogP contribution in [0.4, 0.5) is 11.8 Å². The Hall–Kier alpha value is -1.89. The van der Waals surface area contributed by atoms with E-state index < -0.39 is 0 Å². The van der Waals surface area contributed by atoms with Gasteiger partial charge in [-0.3, -0.25) is 9.69 Å². The smallest absolute Gasteiger partial charge is 0.236 e. The Bertz CT molecular complexity index is 673. The van der Waals surface area contributed by atoms with Gasteiger partial charge in [0.2, 0.25) is 11.9 Å². The zero-order valence-electron chi connectivity index (χ0n) is 17.4. The van der Waals surface area contributed by atoms with E-state index in [1.807, 2.05) is 0 Å². The maximum atomic E-state index is 12.6. The summed E-state index contributed by atoms with van der Waals surface area (Å²) in [6.07, 6.45) is 4.75. The van der Waals surface area contributed by atoms with Gasteiger partial charge in [-0.05, 0) is 38.5 Å². The third-order valence-electron chi connectivity index (χ3n) is 6.41. The van der Waals surface area contributed by atoms with Gasteiger partial charge in [0.1, 0.15) is 5.82 Å². The van der Waals surface area contributed by atoms with E-state index in [1.165, 1.54) is 12.8 Å². The summed E-state index contributed by atoms with van der Waals surface area (Å²) >= 11 is 0. The largest absolute Gasteiger partial charge is 0.354 e. The number of piperidine rings is 1. The molecule has 3 aliphatic rings. The minimum Gasteiger partial charge on any atom is -0.354 e. The number of piperazine rings is 1. The number of rotatable bonds is 4. The first-order valence-corrected chi connectivity index (χ1v) is 10.9. The molecule has 0 atom stereocenters. The Kier molecular flexibility index (Phi) is 5.99. The first-order valence-electron chi connectivity index (χ1n) is 10.9. The van der Waals surface area contributed by atoms with Crippen LogP contribution in [-0.4, -0.2) is 84.6 Å². The molecule has 0 radical (unpaired) electrons. The third kappa shape index (κ3) is 4.57. The van der Waals surface area contributed by atoms with Gasteiger partial charge in [-0.15, -0.1) is 0 Å². The summed E-state index contributed by atoms with van der Waals surface area (Å²) in [5, 5.41) is 0. The van der Waals surface area contributed by atoms with E-state index in [0.29, 0.717) is 12.5 Å². The molecule has 1 amide bonds. The van der Waals surface area contributed by atoms with Crippen LogP contribution in [0.2, 0.25) is 0 Å². The summed E-state index contributed by atoms with van der Waals surface area (Å²) in [5.41, 5.74) is 1.03. The second-order valence-corrected chi connectivity index (χ2v) is 8.69. The maximum Gasteiger partial charge on any atom is 0.236 e. The zero-order valence-corrected chi connectivity index (χ0v) is 17.4. The standard InChI is InChI=1S/C21H34N6O/c1-17-5-9-26(10-6-17)20(28)16-24-11-13-25(14-12-24)19-15-18(2)22-21(23-19)27-7-3-4-8-27/h15,17H,3-14,16H2,1-2H3. The molecule has 0 unspecified atom stereocenters. The van der Waals surface area contributed by atoms with Crippen LogP contribution in [0.1, 0.15) is 38.3 Å². The van der Waals surface area contributed by atoms with Crippen molar-refractivity contribution in [2.24, 2.45) is 5.92 Å². The quantitative estimate of drug-likeness (QED) is 0.786. The number of carbonyl (C=O) groups excluding carboxylic acids is 1. The summed E-state index contributed by atoms with van der Waals surface area (Å²) in [6, 6.07) is 2.09. The van der Waals surface area contributed by atoms with Crippen molar-refractivity contribution >= 4 is 17.7 Å². The van der Waals surface area contributed by atoms with Gasteiger partial charge >= 0.3 is 0 Å². The van der Waals surface area contributed by atoms with Crippen LogP contribution in [0.15, 0.2) is 6.07 Å². The van der Waals surface area contributed by atoms with Crippen molar-refractivity contribution in [2.75, 3.05) is 68.7 Å². The molecule has 0 aliphatic carbocycles. The monoisotopic (exact) mass is 386 g/mol. The number of hydrogen-bond acceptors (Lipinski definition) is 6. The average molecular weight is 387 g/mol. The van der Waals surface area contributed by atoms with Crippen LogP contribution in [0.25, 0.3) is 0 Å². The molecule has 0 bridgehead atoms. The van der Waals surface area contributed by atoms with Crippen molar-refractivity contribution in [3.05, 3.63) is 11.8 Å². The van der Waals surface area contributed by atoms with E-state index in [-0.39, 0.29) is 0 Å². The Morgan fingerprint density at radius 1 is 0.964 bits per heavy atom. The number of carbonyl (C=O) groups is 1. The molecule has 28 heavy (non-hydrogen) atoms. The average Bonchev–Trinajstić information content (AvgIpc) is 3.23. The lowest BCUT2D eigenvalue weighted by Crippen LogP contribution is -2.51. The van der Waals surface area contributed by atoms with Crippen molar-refractivity contribution in [3.8, 4) is 0 Å². The number of nitrogens with zero attached hydrogens (tertiary/aromatic N) is 6. The number of amides is 1. The van der Waals surface area contributed by atoms with Gasteiger partial charge in [0.15, 0.2) is 0 Å². The van der Waals surface area contributed by atoms with Crippen LogP contribution in [0.5, 0.6) is 0 Å². The molecule has 3 saturated heterocycles. The van der Waals surface area contributed by atoms with Crippen LogP contribution in [-0.2, 0) is 4.79 Å². The summed E-state index contributed by atoms with van der Waals surface area (Å²) in [5.74, 6) is 2.97. The van der Waals surface area contributed by atoms with Gasteiger partial charge < -0.3 is 14.7 Å². The lowest BCUT2D eigenvalue weighted by atomic mass is 9.99. The lowest BCUT2D eigenvalue weighted by Gasteiger charge is -2.37. The topological polar surface area (TPSA) is 55.8 Å². The molecular weight excluding hydrogens is 352 g/mol. The van der Waals surface area contributed by atoms with Gasteiger partial charge in [-0.25, -0.2) is 4.98 Å². The second kappa shape index (κ2) is 8.64. The van der Waals surface area contributed by atoms with Gasteiger partial charge in [0.05, 0.1) is 6.54 Å². The Morgan fingerprint density at radius 3 is 2.32 bits per heavy atom. The molecule has 4 heterocycles. The van der Waals surface area contributed by atoms with Crippen LogP contribution in [0.3, 0.4) is 0 Å². The minimum atomic E-state index is 0.301. The van der Waals surface area contributed by atoms with Crippen molar-refractivity contribution in [1.29, 1.82) is 0 Å². The fraction of sp³-hybridized carbons (Fsp3) is 0.762. The zero-order chi connectivity index (χ0) is 19.5. The number of aromatic nitrogens is 2. The molecule has 1 aromatic rings. The van der Waals surface area contributed by atoms with Crippen LogP contribution < -0.4 is 9.80 Å². The van der Waals surface area contributed by atoms with Gasteiger partial charge in [-0.1, -0.05) is 6.92 Å². The number of aryl methyl sites for hydroxylation is 1. The first kappa shape index (κ1) is 19.4. The van der Waals surface area contributed by atoms with Gasteiger partial charge in [0.25, 0.3) is 0 Å². The molecule has 1 aromatic heterocycles. The van der Waals surface area contributed by atoms with Crippen LogP contribution >= 0.6 is 0 Å². The Balaban J connectivity index is 1.31. The summed E-state index contributed by atoms with van der Waals surface area (Å²) in [7, 11) is 0. The molecule has 0 aromatic carbocycles. The highest BCUT2D eigenvalue weighted by atomic mass is 16.2. The molecule has 154 valence electrons. The fourth-order valence-corrected chi connectivity index (χ4v) is 4.44. The molecule has 0 saturated carbocycles. The third-order valence-corrected chi connectivity index (χ3v) is 6.41. The van der Waals surface area contributed by atoms with Crippen molar-refractivity contribution in [1.82, 2.24) is 19.8 Å². The maximum absolute atomic E-state index is 12.6. The highest BCUT2D eigenvalue weighted by Crippen LogP contribution is 2.22. The fourth-order valence-electron chi connectivity index (χ4n) is 4.44. The number of likely N-dealkylation sites (tertiary alicyclic amines) is 1. The van der Waals surface area contributed by atoms with E-state index in [9.17, 15) is 4.79 Å². The molecular formula is C21H34N6O. The summed E-state index contributed by atoms with van der Waals surface area (Å²) in [6.45, 7) is 12.5. The Morgan fingerprint density at radius 2 is 1.64 bits per heavy atom. The number of hydrogen-bond donors (Lipinski definition) is 0. The molecule has 7 nitrogen and oxygen atoms in total. The van der Waals surface area contributed by atoms with E-state index in [4.69, 9.17) is 4.98 Å². The number of anilines is 2. The van der Waals surface area contributed by atoms with E-state index in [0.717, 1.165) is 88.6 Å². The minimum absolute atomic E-state index is 0.301. The molecule has 0 spiro atoms. The predicted molar refractivity (Wildman–Crippen MR) is 112 cm³/mol. The highest BCUT2D eigenvalue weighted by Gasteiger charge is 2.25. The molecule has 7 heteroatoms. The highest BCUT2D eigenvalue weighted by molar-refractivity contribution is 5.78. The van der Waals surface area contributed by atoms with Gasteiger partial charge in [-0.2, -0.15) is 4.98 Å². The molecule has 3 aliphatic heterocycles. The van der Waals surface area contributed by atoms with Gasteiger partial charge in [0, 0.05) is 64.1 Å². The SMILES string of the molecule is Cc1cc(N2CCN(CC(=O)N3CCC(C)CC3)CC2)nc(N2CCCC2)n1. The van der Waals surface area contributed by atoms with Crippen molar-refractivity contribution < 1.29 is 4.79 Å². The lowest BCUT2D eigenvalue weighted by molar-refractivity contribution is -0.133. The second-order valence-electron chi connectivity index (χ2n) is 8.69. The predicted octanol–water partition coefficient (Wildman–Crippen LogP) is 1.77. The van der Waals surface area contributed by atoms with Crippen molar-refractivity contribution in [3.63, 3.8) is 0 Å². The van der Waals surface area contributed by atoms with E-state index >= 15 is 0 Å². The molecule has 3 fully saturated rings. The Labute approximate surface area is 168 Å². The normalized spacial score (nSPS) is 22.1. The van der Waals surface area contributed by atoms with E-state index in [1.54, 1.807) is 0 Å². The molecule has 4 rings (SSSR count).